The van der Waals surface area contributed by atoms with Gasteiger partial charge in [-0.3, -0.25) is 4.79 Å². The van der Waals surface area contributed by atoms with Crippen LogP contribution < -0.4 is 5.32 Å². The Morgan fingerprint density at radius 3 is 2.31 bits per heavy atom. The highest BCUT2D eigenvalue weighted by Gasteiger charge is 2.21. The van der Waals surface area contributed by atoms with E-state index in [0.29, 0.717) is 31.6 Å². The largest absolute Gasteiger partial charge is 0.508 e. The molecule has 0 unspecified atom stereocenters. The number of nitrogens with one attached hydrogen (secondary N) is 1. The molecular formula is C19H24N2O4S. The third-order valence-corrected chi connectivity index (χ3v) is 6.13. The summed E-state index contributed by atoms with van der Waals surface area (Å²) in [4.78, 5) is 12.4. The van der Waals surface area contributed by atoms with Crippen LogP contribution in [-0.4, -0.2) is 43.4 Å². The van der Waals surface area contributed by atoms with Gasteiger partial charge < -0.3 is 10.4 Å². The van der Waals surface area contributed by atoms with Crippen molar-refractivity contribution in [2.24, 2.45) is 0 Å². The van der Waals surface area contributed by atoms with Crippen molar-refractivity contribution in [2.45, 2.75) is 25.2 Å². The summed E-state index contributed by atoms with van der Waals surface area (Å²) < 4.78 is 26.2. The van der Waals surface area contributed by atoms with Gasteiger partial charge in [-0.15, -0.1) is 0 Å². The van der Waals surface area contributed by atoms with Crippen LogP contribution in [0.1, 0.15) is 29.8 Å². The Morgan fingerprint density at radius 2 is 1.73 bits per heavy atom. The molecule has 2 rings (SSSR count). The molecule has 2 aromatic rings. The fourth-order valence-electron chi connectivity index (χ4n) is 2.63. The van der Waals surface area contributed by atoms with E-state index in [1.54, 1.807) is 32.0 Å². The maximum Gasteiger partial charge on any atom is 0.251 e. The second kappa shape index (κ2) is 8.82. The Hall–Kier alpha value is -2.38. The minimum absolute atomic E-state index is 0.178. The van der Waals surface area contributed by atoms with Gasteiger partial charge in [0.05, 0.1) is 4.90 Å². The van der Waals surface area contributed by atoms with E-state index < -0.39 is 10.0 Å². The van der Waals surface area contributed by atoms with Gasteiger partial charge in [-0.05, 0) is 48.4 Å². The summed E-state index contributed by atoms with van der Waals surface area (Å²) in [6, 6.07) is 12.8. The van der Waals surface area contributed by atoms with Crippen LogP contribution in [0.2, 0.25) is 0 Å². The molecule has 2 N–H and O–H groups in total. The molecule has 0 aliphatic carbocycles. The predicted octanol–water partition coefficient (Wildman–Crippen LogP) is 2.40. The van der Waals surface area contributed by atoms with Crippen molar-refractivity contribution in [3.8, 4) is 5.75 Å². The topological polar surface area (TPSA) is 86.7 Å². The second-order valence-corrected chi connectivity index (χ2v) is 7.73. The molecule has 0 aromatic heterocycles. The van der Waals surface area contributed by atoms with Gasteiger partial charge in [0.25, 0.3) is 5.91 Å². The number of phenols is 1. The van der Waals surface area contributed by atoms with E-state index in [2.05, 4.69) is 5.32 Å². The van der Waals surface area contributed by atoms with Gasteiger partial charge >= 0.3 is 0 Å². The number of benzene rings is 2. The van der Waals surface area contributed by atoms with Crippen LogP contribution in [0.15, 0.2) is 53.4 Å². The summed E-state index contributed by atoms with van der Waals surface area (Å²) in [5, 5.41) is 12.2. The molecule has 0 fully saturated rings. The van der Waals surface area contributed by atoms with E-state index in [-0.39, 0.29) is 16.6 Å². The number of carbonyl (C=O) groups is 1. The lowest BCUT2D eigenvalue weighted by Gasteiger charge is -2.18. The molecule has 0 saturated heterocycles. The number of phenolic OH excluding ortho intramolecular Hbond substituents is 1. The smallest absolute Gasteiger partial charge is 0.251 e. The van der Waals surface area contributed by atoms with E-state index in [0.717, 1.165) is 5.56 Å². The number of hydrogen-bond acceptors (Lipinski definition) is 4. The van der Waals surface area contributed by atoms with Crippen molar-refractivity contribution < 1.29 is 18.3 Å². The first kappa shape index (κ1) is 19.9. The number of rotatable bonds is 8. The van der Waals surface area contributed by atoms with Crippen molar-refractivity contribution >= 4 is 15.9 Å². The molecule has 6 nitrogen and oxygen atoms in total. The van der Waals surface area contributed by atoms with Crippen molar-refractivity contribution in [1.82, 2.24) is 9.62 Å². The van der Waals surface area contributed by atoms with Crippen molar-refractivity contribution in [2.75, 3.05) is 19.6 Å². The van der Waals surface area contributed by atoms with Gasteiger partial charge in [0.2, 0.25) is 10.0 Å². The first-order valence-electron chi connectivity index (χ1n) is 8.54. The summed E-state index contributed by atoms with van der Waals surface area (Å²) >= 11 is 0. The molecule has 0 radical (unpaired) electrons. The lowest BCUT2D eigenvalue weighted by molar-refractivity contribution is 0.0954. The summed E-state index contributed by atoms with van der Waals surface area (Å²) in [5.74, 6) is -0.0734. The predicted molar refractivity (Wildman–Crippen MR) is 101 cm³/mol. The van der Waals surface area contributed by atoms with E-state index in [4.69, 9.17) is 0 Å². The lowest BCUT2D eigenvalue weighted by Crippen LogP contribution is -2.30. The zero-order chi connectivity index (χ0) is 19.2. The normalized spacial score (nSPS) is 11.5. The third-order valence-electron chi connectivity index (χ3n) is 4.07. The van der Waals surface area contributed by atoms with Gasteiger partial charge in [-0.1, -0.05) is 26.0 Å². The van der Waals surface area contributed by atoms with Gasteiger partial charge in [-0.25, -0.2) is 8.42 Å². The number of sulfonamides is 1. The molecular weight excluding hydrogens is 352 g/mol. The molecule has 26 heavy (non-hydrogen) atoms. The minimum Gasteiger partial charge on any atom is -0.508 e. The van der Waals surface area contributed by atoms with E-state index >= 15 is 0 Å². The van der Waals surface area contributed by atoms with Crippen LogP contribution in [-0.2, 0) is 16.4 Å². The second-order valence-electron chi connectivity index (χ2n) is 5.79. The highest BCUT2D eigenvalue weighted by molar-refractivity contribution is 7.89. The Bertz CT molecular complexity index is 844. The summed E-state index contributed by atoms with van der Waals surface area (Å²) in [6.07, 6.45) is 0.592. The minimum atomic E-state index is -3.52. The maximum absolute atomic E-state index is 12.4. The average Bonchev–Trinajstić information content (AvgIpc) is 2.62. The molecule has 0 atom stereocenters. The number of aromatic hydroxyl groups is 1. The number of amides is 1. The molecule has 0 saturated carbocycles. The molecule has 7 heteroatoms. The molecule has 0 bridgehead atoms. The number of carbonyl (C=O) groups excluding carboxylic acids is 1. The maximum atomic E-state index is 12.4. The lowest BCUT2D eigenvalue weighted by atomic mass is 10.1. The van der Waals surface area contributed by atoms with Crippen molar-refractivity contribution in [3.63, 3.8) is 0 Å². The van der Waals surface area contributed by atoms with Gasteiger partial charge in [0, 0.05) is 25.2 Å². The summed E-state index contributed by atoms with van der Waals surface area (Å²) in [6.45, 7) is 4.79. The van der Waals surface area contributed by atoms with Gasteiger partial charge in [-0.2, -0.15) is 4.31 Å². The molecule has 140 valence electrons. The van der Waals surface area contributed by atoms with E-state index in [1.165, 1.54) is 28.6 Å². The van der Waals surface area contributed by atoms with E-state index in [9.17, 15) is 18.3 Å². The molecule has 2 aromatic carbocycles. The Kier molecular flexibility index (Phi) is 6.76. The van der Waals surface area contributed by atoms with Gasteiger partial charge in [0.15, 0.2) is 0 Å². The molecule has 0 aliphatic rings. The molecule has 1 amide bonds. The Balaban J connectivity index is 1.98. The number of hydrogen-bond donors (Lipinski definition) is 2. The fraction of sp³-hybridized carbons (Fsp3) is 0.316. The van der Waals surface area contributed by atoms with E-state index in [1.807, 2.05) is 6.07 Å². The first-order valence-corrected chi connectivity index (χ1v) is 9.98. The first-order chi connectivity index (χ1) is 12.4. The highest BCUT2D eigenvalue weighted by Crippen LogP contribution is 2.16. The molecule has 0 aliphatic heterocycles. The van der Waals surface area contributed by atoms with Crippen molar-refractivity contribution in [1.29, 1.82) is 0 Å². The Labute approximate surface area is 154 Å². The summed E-state index contributed by atoms with van der Waals surface area (Å²) in [7, 11) is -3.52. The molecule has 0 heterocycles. The number of nitrogens with zero attached hydrogens (tertiary/aromatic N) is 1. The standard InChI is InChI=1S/C19H24N2O4S/c1-3-21(4-2)26(24,25)18-10-8-16(9-11-18)19(23)20-13-12-15-6-5-7-17(22)14-15/h5-11,14,22H,3-4,12-13H2,1-2H3,(H,20,23). The molecule has 0 spiro atoms. The van der Waals surface area contributed by atoms with Crippen LogP contribution >= 0.6 is 0 Å². The highest BCUT2D eigenvalue weighted by atomic mass is 32.2. The summed E-state index contributed by atoms with van der Waals surface area (Å²) in [5.41, 5.74) is 1.32. The fourth-order valence-corrected chi connectivity index (χ4v) is 4.08. The third kappa shape index (κ3) is 4.83. The zero-order valence-electron chi connectivity index (χ0n) is 15.0. The van der Waals surface area contributed by atoms with Crippen LogP contribution in [0, 0.1) is 0 Å². The van der Waals surface area contributed by atoms with Gasteiger partial charge in [0.1, 0.15) is 5.75 Å². The van der Waals surface area contributed by atoms with Crippen LogP contribution in [0.4, 0.5) is 0 Å². The quantitative estimate of drug-likeness (QED) is 0.741. The average molecular weight is 376 g/mol. The van der Waals surface area contributed by atoms with Crippen LogP contribution in [0.5, 0.6) is 5.75 Å². The zero-order valence-corrected chi connectivity index (χ0v) is 15.8. The van der Waals surface area contributed by atoms with Crippen LogP contribution in [0.3, 0.4) is 0 Å². The van der Waals surface area contributed by atoms with Crippen LogP contribution in [0.25, 0.3) is 0 Å². The monoisotopic (exact) mass is 376 g/mol. The Morgan fingerprint density at radius 1 is 1.08 bits per heavy atom. The SMILES string of the molecule is CCN(CC)S(=O)(=O)c1ccc(C(=O)NCCc2cccc(O)c2)cc1. The van der Waals surface area contributed by atoms with Crippen molar-refractivity contribution in [3.05, 3.63) is 59.7 Å².